The van der Waals surface area contributed by atoms with Gasteiger partial charge in [-0.1, -0.05) is 0 Å². The second-order valence-corrected chi connectivity index (χ2v) is 3.94. The average Bonchev–Trinajstić information content (AvgIpc) is 2.73. The first-order valence-electron chi connectivity index (χ1n) is 5.41. The third kappa shape index (κ3) is 2.60. The largest absolute Gasteiger partial charge is 0.478 e. The minimum absolute atomic E-state index is 0.177. The minimum atomic E-state index is -0.988. The Bertz CT molecular complexity index is 577. The zero-order chi connectivity index (χ0) is 13.1. The number of aromatic nitrogens is 2. The maximum Gasteiger partial charge on any atom is 0.335 e. The minimum Gasteiger partial charge on any atom is -0.478 e. The molecule has 2 rings (SSSR count). The zero-order valence-electron chi connectivity index (χ0n) is 9.92. The topological polar surface area (TPSA) is 93.2 Å². The molecule has 0 fully saturated rings. The quantitative estimate of drug-likeness (QED) is 0.707. The third-order valence-electron chi connectivity index (χ3n) is 2.53. The van der Waals surface area contributed by atoms with Crippen LogP contribution in [0.3, 0.4) is 0 Å². The fourth-order valence-corrected chi connectivity index (χ4v) is 1.60. The lowest BCUT2D eigenvalue weighted by molar-refractivity contribution is 0.0697. The van der Waals surface area contributed by atoms with Gasteiger partial charge in [0.1, 0.15) is 0 Å². The lowest BCUT2D eigenvalue weighted by Gasteiger charge is -2.08. The van der Waals surface area contributed by atoms with Crippen LogP contribution in [-0.4, -0.2) is 20.9 Å². The number of benzene rings is 1. The third-order valence-corrected chi connectivity index (χ3v) is 2.53. The van der Waals surface area contributed by atoms with Crippen molar-refractivity contribution in [1.82, 2.24) is 9.78 Å². The van der Waals surface area contributed by atoms with E-state index in [-0.39, 0.29) is 5.56 Å². The predicted molar refractivity (Wildman–Crippen MR) is 68.3 cm³/mol. The molecule has 0 amide bonds. The van der Waals surface area contributed by atoms with E-state index in [9.17, 15) is 4.79 Å². The molecule has 1 aromatic heterocycles. The Balaban J connectivity index is 2.08. The Morgan fingerprint density at radius 2 is 2.28 bits per heavy atom. The first-order valence-corrected chi connectivity index (χ1v) is 5.41. The van der Waals surface area contributed by atoms with Crippen LogP contribution < -0.4 is 11.1 Å². The zero-order valence-corrected chi connectivity index (χ0v) is 9.92. The Labute approximate surface area is 104 Å². The molecule has 18 heavy (non-hydrogen) atoms. The molecule has 1 heterocycles. The van der Waals surface area contributed by atoms with Gasteiger partial charge in [-0.2, -0.15) is 5.10 Å². The number of rotatable bonds is 4. The van der Waals surface area contributed by atoms with Crippen LogP contribution in [0.15, 0.2) is 30.5 Å². The monoisotopic (exact) mass is 246 g/mol. The summed E-state index contributed by atoms with van der Waals surface area (Å²) in [6.45, 7) is 0.539. The molecule has 94 valence electrons. The molecule has 0 aliphatic rings. The van der Waals surface area contributed by atoms with Gasteiger partial charge in [0.2, 0.25) is 0 Å². The Morgan fingerprint density at radius 1 is 1.50 bits per heavy atom. The molecule has 0 aliphatic heterocycles. The van der Waals surface area contributed by atoms with Crippen molar-refractivity contribution in [3.63, 3.8) is 0 Å². The van der Waals surface area contributed by atoms with Crippen LogP contribution in [-0.2, 0) is 13.6 Å². The number of aryl methyl sites for hydroxylation is 1. The van der Waals surface area contributed by atoms with E-state index in [1.807, 2.05) is 19.3 Å². The van der Waals surface area contributed by atoms with Gasteiger partial charge in [0.15, 0.2) is 0 Å². The number of nitrogens with two attached hydrogens (primary N) is 1. The second-order valence-electron chi connectivity index (χ2n) is 3.94. The van der Waals surface area contributed by atoms with E-state index in [0.717, 1.165) is 5.69 Å². The maximum absolute atomic E-state index is 10.8. The Hall–Kier alpha value is -2.50. The lowest BCUT2D eigenvalue weighted by Crippen LogP contribution is -2.05. The smallest absolute Gasteiger partial charge is 0.335 e. The van der Waals surface area contributed by atoms with Crippen molar-refractivity contribution in [3.05, 3.63) is 41.7 Å². The molecular formula is C12H14N4O2. The van der Waals surface area contributed by atoms with Crippen LogP contribution in [0.2, 0.25) is 0 Å². The number of hydrogen-bond acceptors (Lipinski definition) is 4. The van der Waals surface area contributed by atoms with Crippen molar-refractivity contribution in [2.45, 2.75) is 6.54 Å². The molecule has 0 bridgehead atoms. The van der Waals surface area contributed by atoms with Crippen molar-refractivity contribution in [3.8, 4) is 0 Å². The lowest BCUT2D eigenvalue weighted by atomic mass is 10.1. The van der Waals surface area contributed by atoms with Gasteiger partial charge in [0.25, 0.3) is 0 Å². The van der Waals surface area contributed by atoms with Gasteiger partial charge < -0.3 is 16.2 Å². The first-order chi connectivity index (χ1) is 8.56. The summed E-state index contributed by atoms with van der Waals surface area (Å²) in [7, 11) is 1.85. The van der Waals surface area contributed by atoms with Gasteiger partial charge in [-0.15, -0.1) is 0 Å². The highest BCUT2D eigenvalue weighted by molar-refractivity contribution is 5.90. The highest BCUT2D eigenvalue weighted by atomic mass is 16.4. The molecule has 0 saturated heterocycles. The predicted octanol–water partition coefficient (Wildman–Crippen LogP) is 1.31. The molecule has 4 N–H and O–H groups in total. The van der Waals surface area contributed by atoms with Crippen molar-refractivity contribution >= 4 is 17.3 Å². The maximum atomic E-state index is 10.8. The van der Waals surface area contributed by atoms with Crippen LogP contribution in [0, 0.1) is 0 Å². The number of carboxylic acids is 1. The van der Waals surface area contributed by atoms with E-state index >= 15 is 0 Å². The summed E-state index contributed by atoms with van der Waals surface area (Å²) < 4.78 is 1.72. The van der Waals surface area contributed by atoms with Gasteiger partial charge in [-0.25, -0.2) is 4.79 Å². The fraction of sp³-hybridized carbons (Fsp3) is 0.167. The molecule has 6 heteroatoms. The van der Waals surface area contributed by atoms with E-state index in [1.165, 1.54) is 12.1 Å². The van der Waals surface area contributed by atoms with Gasteiger partial charge in [0.05, 0.1) is 29.2 Å². The van der Waals surface area contributed by atoms with Crippen molar-refractivity contribution in [1.29, 1.82) is 0 Å². The average molecular weight is 246 g/mol. The molecule has 6 nitrogen and oxygen atoms in total. The summed E-state index contributed by atoms with van der Waals surface area (Å²) in [6.07, 6.45) is 1.86. The highest BCUT2D eigenvalue weighted by Gasteiger charge is 2.06. The fourth-order valence-electron chi connectivity index (χ4n) is 1.60. The summed E-state index contributed by atoms with van der Waals surface area (Å²) in [4.78, 5) is 10.8. The molecule has 0 spiro atoms. The van der Waals surface area contributed by atoms with E-state index in [4.69, 9.17) is 10.8 Å². The van der Waals surface area contributed by atoms with Gasteiger partial charge >= 0.3 is 5.97 Å². The Morgan fingerprint density at radius 3 is 2.83 bits per heavy atom. The van der Waals surface area contributed by atoms with E-state index in [1.54, 1.807) is 10.7 Å². The Kier molecular flexibility index (Phi) is 3.18. The summed E-state index contributed by atoms with van der Waals surface area (Å²) >= 11 is 0. The van der Waals surface area contributed by atoms with E-state index < -0.39 is 5.97 Å². The highest BCUT2D eigenvalue weighted by Crippen LogP contribution is 2.20. The molecule has 0 saturated carbocycles. The van der Waals surface area contributed by atoms with Crippen LogP contribution >= 0.6 is 0 Å². The van der Waals surface area contributed by atoms with Gasteiger partial charge in [-0.3, -0.25) is 4.68 Å². The molecule has 2 aromatic rings. The molecular weight excluding hydrogens is 232 g/mol. The second kappa shape index (κ2) is 4.79. The number of aromatic carboxylic acids is 1. The molecule has 0 aliphatic carbocycles. The van der Waals surface area contributed by atoms with Crippen LogP contribution in [0.4, 0.5) is 11.4 Å². The number of carbonyl (C=O) groups is 1. The molecule has 0 atom stereocenters. The van der Waals surface area contributed by atoms with Gasteiger partial charge in [-0.05, 0) is 24.3 Å². The van der Waals surface area contributed by atoms with Crippen molar-refractivity contribution < 1.29 is 9.90 Å². The van der Waals surface area contributed by atoms with Crippen LogP contribution in [0.25, 0.3) is 0 Å². The standard InChI is InChI=1S/C12H14N4O2/c1-16-5-4-9(15-16)7-14-11-3-2-8(12(17)18)6-10(11)13/h2-6,14H,7,13H2,1H3,(H,17,18). The van der Waals surface area contributed by atoms with E-state index in [2.05, 4.69) is 10.4 Å². The summed E-state index contributed by atoms with van der Waals surface area (Å²) in [5, 5.41) is 16.2. The molecule has 1 aromatic carbocycles. The van der Waals surface area contributed by atoms with Gasteiger partial charge in [0, 0.05) is 13.2 Å². The van der Waals surface area contributed by atoms with Crippen LogP contribution in [0.1, 0.15) is 16.1 Å². The van der Waals surface area contributed by atoms with E-state index in [0.29, 0.717) is 17.9 Å². The number of nitrogens with one attached hydrogen (secondary N) is 1. The van der Waals surface area contributed by atoms with Crippen molar-refractivity contribution in [2.75, 3.05) is 11.1 Å². The number of anilines is 2. The molecule has 0 radical (unpaired) electrons. The summed E-state index contributed by atoms with van der Waals surface area (Å²) in [6, 6.07) is 6.50. The number of nitrogen functional groups attached to an aromatic ring is 1. The number of carboxylic acid groups (broad SMARTS) is 1. The first kappa shape index (κ1) is 12.0. The number of nitrogens with zero attached hydrogens (tertiary/aromatic N) is 2. The SMILES string of the molecule is Cn1ccc(CNc2ccc(C(=O)O)cc2N)n1. The van der Waals surface area contributed by atoms with Crippen molar-refractivity contribution in [2.24, 2.45) is 7.05 Å². The number of hydrogen-bond donors (Lipinski definition) is 3. The molecule has 0 unspecified atom stereocenters. The summed E-state index contributed by atoms with van der Waals surface area (Å²) in [5.74, 6) is -0.988. The normalized spacial score (nSPS) is 10.3. The summed E-state index contributed by atoms with van der Waals surface area (Å²) in [5.41, 5.74) is 7.95. The van der Waals surface area contributed by atoms with Crippen LogP contribution in [0.5, 0.6) is 0 Å².